The van der Waals surface area contributed by atoms with Crippen LogP contribution in [0.4, 0.5) is 11.4 Å². The van der Waals surface area contributed by atoms with Gasteiger partial charge in [-0.2, -0.15) is 0 Å². The SMILES string of the molecule is O=C(CN1C(=O)[C@]2(SCC(=O)N2c2ccc(Cl)cc2)c2ccccc21)NCc1ccccc1. The van der Waals surface area contributed by atoms with Gasteiger partial charge in [-0.3, -0.25) is 24.2 Å². The molecule has 1 N–H and O–H groups in total. The average molecular weight is 478 g/mol. The van der Waals surface area contributed by atoms with Gasteiger partial charge in [0.2, 0.25) is 16.7 Å². The van der Waals surface area contributed by atoms with Gasteiger partial charge in [0.25, 0.3) is 5.91 Å². The summed E-state index contributed by atoms with van der Waals surface area (Å²) in [5, 5.41) is 3.42. The second-order valence-electron chi connectivity index (χ2n) is 7.81. The molecule has 1 saturated heterocycles. The van der Waals surface area contributed by atoms with E-state index in [1.807, 2.05) is 54.6 Å². The second-order valence-corrected chi connectivity index (χ2v) is 9.41. The quantitative estimate of drug-likeness (QED) is 0.604. The highest BCUT2D eigenvalue weighted by molar-refractivity contribution is 8.02. The number of halogens is 1. The molecule has 3 aromatic rings. The molecule has 5 rings (SSSR count). The Morgan fingerprint density at radius 1 is 0.970 bits per heavy atom. The summed E-state index contributed by atoms with van der Waals surface area (Å²) in [5.41, 5.74) is 2.91. The van der Waals surface area contributed by atoms with Crippen LogP contribution in [0.2, 0.25) is 5.02 Å². The molecule has 0 unspecified atom stereocenters. The van der Waals surface area contributed by atoms with Crippen molar-refractivity contribution in [2.75, 3.05) is 22.1 Å². The monoisotopic (exact) mass is 477 g/mol. The molecule has 0 aliphatic carbocycles. The first-order chi connectivity index (χ1) is 16.0. The van der Waals surface area contributed by atoms with Crippen molar-refractivity contribution in [3.63, 3.8) is 0 Å². The number of rotatable bonds is 5. The Kier molecular flexibility index (Phi) is 5.60. The Bertz CT molecular complexity index is 1240. The minimum atomic E-state index is -1.25. The molecule has 33 heavy (non-hydrogen) atoms. The van der Waals surface area contributed by atoms with Gasteiger partial charge in [0.1, 0.15) is 6.54 Å². The van der Waals surface area contributed by atoms with E-state index in [1.54, 1.807) is 24.3 Å². The minimum absolute atomic E-state index is 0.131. The number of amides is 3. The van der Waals surface area contributed by atoms with Crippen LogP contribution in [0, 0.1) is 0 Å². The lowest BCUT2D eigenvalue weighted by Crippen LogP contribution is -2.51. The lowest BCUT2D eigenvalue weighted by Gasteiger charge is -2.33. The summed E-state index contributed by atoms with van der Waals surface area (Å²) in [7, 11) is 0. The number of anilines is 2. The lowest BCUT2D eigenvalue weighted by atomic mass is 10.0. The van der Waals surface area contributed by atoms with Crippen molar-refractivity contribution in [1.82, 2.24) is 5.32 Å². The summed E-state index contributed by atoms with van der Waals surface area (Å²) < 4.78 is 0. The van der Waals surface area contributed by atoms with E-state index in [0.29, 0.717) is 28.5 Å². The van der Waals surface area contributed by atoms with Crippen molar-refractivity contribution in [1.29, 1.82) is 0 Å². The zero-order valence-corrected chi connectivity index (χ0v) is 19.1. The average Bonchev–Trinajstić information content (AvgIpc) is 3.30. The number of carbonyl (C=O) groups excluding carboxylic acids is 3. The molecule has 166 valence electrons. The molecule has 2 aliphatic heterocycles. The number of fused-ring (bicyclic) bond motifs is 2. The molecule has 2 aliphatic rings. The first kappa shape index (κ1) is 21.6. The van der Waals surface area contributed by atoms with E-state index in [-0.39, 0.29) is 30.0 Å². The number of carbonyl (C=O) groups is 3. The van der Waals surface area contributed by atoms with E-state index in [2.05, 4.69) is 5.32 Å². The summed E-state index contributed by atoms with van der Waals surface area (Å²) in [4.78, 5) is 41.4. The predicted molar refractivity (Wildman–Crippen MR) is 130 cm³/mol. The molecule has 3 aromatic carbocycles. The van der Waals surface area contributed by atoms with Crippen LogP contribution in [-0.4, -0.2) is 30.0 Å². The number of nitrogens with one attached hydrogen (secondary N) is 1. The molecule has 1 spiro atoms. The zero-order chi connectivity index (χ0) is 23.0. The van der Waals surface area contributed by atoms with E-state index in [4.69, 9.17) is 11.6 Å². The number of thioether (sulfide) groups is 1. The van der Waals surface area contributed by atoms with Crippen LogP contribution in [0.15, 0.2) is 78.9 Å². The lowest BCUT2D eigenvalue weighted by molar-refractivity contribution is -0.125. The van der Waals surface area contributed by atoms with Gasteiger partial charge in [0.05, 0.1) is 11.4 Å². The number of para-hydroxylation sites is 1. The highest BCUT2D eigenvalue weighted by atomic mass is 35.5. The normalized spacial score (nSPS) is 19.3. The maximum atomic E-state index is 13.9. The standard InChI is InChI=1S/C25H20ClN3O3S/c26-18-10-12-19(13-11-18)29-23(31)16-33-25(29)20-8-4-5-9-21(20)28(24(25)32)15-22(30)27-14-17-6-2-1-3-7-17/h1-13H,14-16H2,(H,27,30)/t25-/m1/s1. The molecule has 6 nitrogen and oxygen atoms in total. The van der Waals surface area contributed by atoms with E-state index < -0.39 is 4.87 Å². The molecule has 0 bridgehead atoms. The highest BCUT2D eigenvalue weighted by Crippen LogP contribution is 2.55. The van der Waals surface area contributed by atoms with Gasteiger partial charge in [0.15, 0.2) is 0 Å². The summed E-state index contributed by atoms with van der Waals surface area (Å²) in [5.74, 6) is -0.576. The molecular formula is C25H20ClN3O3S. The van der Waals surface area contributed by atoms with Gasteiger partial charge in [-0.05, 0) is 35.9 Å². The Morgan fingerprint density at radius 2 is 1.67 bits per heavy atom. The van der Waals surface area contributed by atoms with Gasteiger partial charge in [-0.1, -0.05) is 60.1 Å². The second kappa shape index (κ2) is 8.57. The Labute approximate surface area is 200 Å². The first-order valence-corrected chi connectivity index (χ1v) is 11.8. The van der Waals surface area contributed by atoms with Gasteiger partial charge in [-0.25, -0.2) is 0 Å². The predicted octanol–water partition coefficient (Wildman–Crippen LogP) is 3.94. The Morgan fingerprint density at radius 3 is 2.42 bits per heavy atom. The largest absolute Gasteiger partial charge is 0.350 e. The van der Waals surface area contributed by atoms with Crippen molar-refractivity contribution in [2.45, 2.75) is 11.4 Å². The molecular weight excluding hydrogens is 458 g/mol. The van der Waals surface area contributed by atoms with Crippen LogP contribution >= 0.6 is 23.4 Å². The molecule has 0 radical (unpaired) electrons. The van der Waals surface area contributed by atoms with Crippen LogP contribution in [0.1, 0.15) is 11.1 Å². The third kappa shape index (κ3) is 3.67. The minimum Gasteiger partial charge on any atom is -0.350 e. The third-order valence-electron chi connectivity index (χ3n) is 5.78. The Balaban J connectivity index is 1.46. The fourth-order valence-corrected chi connectivity index (χ4v) is 5.78. The van der Waals surface area contributed by atoms with Crippen molar-refractivity contribution < 1.29 is 14.4 Å². The van der Waals surface area contributed by atoms with Crippen molar-refractivity contribution in [3.8, 4) is 0 Å². The summed E-state index contributed by atoms with van der Waals surface area (Å²) >= 11 is 7.32. The van der Waals surface area contributed by atoms with Crippen LogP contribution in [0.5, 0.6) is 0 Å². The summed E-state index contributed by atoms with van der Waals surface area (Å²) in [6.07, 6.45) is 0. The molecule has 1 fully saturated rings. The fraction of sp³-hybridized carbons (Fsp3) is 0.160. The van der Waals surface area contributed by atoms with Crippen molar-refractivity contribution in [2.24, 2.45) is 0 Å². The van der Waals surface area contributed by atoms with Crippen LogP contribution in [0.25, 0.3) is 0 Å². The molecule has 3 amide bonds. The zero-order valence-electron chi connectivity index (χ0n) is 17.5. The first-order valence-electron chi connectivity index (χ1n) is 10.5. The van der Waals surface area contributed by atoms with Crippen LogP contribution in [0.3, 0.4) is 0 Å². The highest BCUT2D eigenvalue weighted by Gasteiger charge is 2.61. The number of hydrogen-bond donors (Lipinski definition) is 1. The number of hydrogen-bond acceptors (Lipinski definition) is 4. The summed E-state index contributed by atoms with van der Waals surface area (Å²) in [6, 6.07) is 23.8. The van der Waals surface area contributed by atoms with Gasteiger partial charge >= 0.3 is 0 Å². The van der Waals surface area contributed by atoms with E-state index >= 15 is 0 Å². The van der Waals surface area contributed by atoms with Crippen LogP contribution in [-0.2, 0) is 25.8 Å². The van der Waals surface area contributed by atoms with Crippen molar-refractivity contribution in [3.05, 3.63) is 95.0 Å². The maximum Gasteiger partial charge on any atom is 0.269 e. The van der Waals surface area contributed by atoms with Gasteiger partial charge in [0, 0.05) is 22.8 Å². The topological polar surface area (TPSA) is 69.7 Å². The Hall–Kier alpha value is -3.29. The van der Waals surface area contributed by atoms with Crippen molar-refractivity contribution >= 4 is 52.5 Å². The van der Waals surface area contributed by atoms with E-state index in [0.717, 1.165) is 5.56 Å². The fourth-order valence-electron chi connectivity index (χ4n) is 4.30. The molecule has 0 saturated carbocycles. The molecule has 8 heteroatoms. The van der Waals surface area contributed by atoms with Gasteiger partial charge < -0.3 is 5.32 Å². The number of nitrogens with zero attached hydrogens (tertiary/aromatic N) is 2. The van der Waals surface area contributed by atoms with Gasteiger partial charge in [-0.15, -0.1) is 11.8 Å². The third-order valence-corrected chi connectivity index (χ3v) is 7.42. The molecule has 1 atom stereocenters. The molecule has 0 aromatic heterocycles. The number of benzene rings is 3. The smallest absolute Gasteiger partial charge is 0.269 e. The summed E-state index contributed by atoms with van der Waals surface area (Å²) in [6.45, 7) is 0.242. The van der Waals surface area contributed by atoms with E-state index in [9.17, 15) is 14.4 Å². The maximum absolute atomic E-state index is 13.9. The van der Waals surface area contributed by atoms with Crippen LogP contribution < -0.4 is 15.1 Å². The molecule has 2 heterocycles. The van der Waals surface area contributed by atoms with E-state index in [1.165, 1.54) is 21.6 Å².